The molecular formula is C14H15ClFNO. The third kappa shape index (κ3) is 2.57. The van der Waals surface area contributed by atoms with Gasteiger partial charge in [0.2, 0.25) is 0 Å². The van der Waals surface area contributed by atoms with Crippen LogP contribution in [0.5, 0.6) is 0 Å². The molecule has 0 radical (unpaired) electrons. The van der Waals surface area contributed by atoms with Crippen molar-refractivity contribution >= 4 is 11.6 Å². The first-order valence-corrected chi connectivity index (χ1v) is 6.15. The Morgan fingerprint density at radius 2 is 2.17 bits per heavy atom. The summed E-state index contributed by atoms with van der Waals surface area (Å²) in [5.41, 5.74) is 1.55. The molecule has 0 amide bonds. The smallest absolute Gasteiger partial charge is 0.127 e. The second-order valence-electron chi connectivity index (χ2n) is 4.18. The highest BCUT2D eigenvalue weighted by molar-refractivity contribution is 6.31. The molecule has 1 atom stereocenters. The lowest BCUT2D eigenvalue weighted by Crippen LogP contribution is -2.19. The average Bonchev–Trinajstić information content (AvgIpc) is 2.76. The molecule has 1 aromatic heterocycles. The highest BCUT2D eigenvalue weighted by Gasteiger charge is 2.18. The van der Waals surface area contributed by atoms with Crippen LogP contribution in [-0.2, 0) is 6.42 Å². The summed E-state index contributed by atoms with van der Waals surface area (Å²) in [6, 6.07) is 6.62. The molecule has 0 saturated heterocycles. The summed E-state index contributed by atoms with van der Waals surface area (Å²) in [7, 11) is 1.84. The Morgan fingerprint density at radius 1 is 1.39 bits per heavy atom. The Labute approximate surface area is 111 Å². The summed E-state index contributed by atoms with van der Waals surface area (Å²) in [5.74, 6) is 0.561. The predicted molar refractivity (Wildman–Crippen MR) is 70.4 cm³/mol. The number of aryl methyl sites for hydroxylation is 1. The fourth-order valence-electron chi connectivity index (χ4n) is 2.06. The Bertz CT molecular complexity index is 518. The molecule has 1 heterocycles. The van der Waals surface area contributed by atoms with Crippen LogP contribution in [0.1, 0.15) is 22.9 Å². The molecule has 2 rings (SSSR count). The standard InChI is InChI=1S/C14H15ClFNO/c1-9-10(6-7-18-9)14(17-2)8-11-12(15)4-3-5-13(11)16/h3-7,14,17H,8H2,1-2H3. The number of benzene rings is 1. The molecule has 18 heavy (non-hydrogen) atoms. The number of furan rings is 1. The lowest BCUT2D eigenvalue weighted by Gasteiger charge is -2.17. The van der Waals surface area contributed by atoms with E-state index in [0.29, 0.717) is 17.0 Å². The van der Waals surface area contributed by atoms with Gasteiger partial charge in [-0.05, 0) is 38.6 Å². The SMILES string of the molecule is CNC(Cc1c(F)cccc1Cl)c1ccoc1C. The van der Waals surface area contributed by atoms with Crippen LogP contribution in [-0.4, -0.2) is 7.05 Å². The highest BCUT2D eigenvalue weighted by Crippen LogP contribution is 2.27. The fourth-order valence-corrected chi connectivity index (χ4v) is 2.30. The second kappa shape index (κ2) is 5.55. The minimum atomic E-state index is -0.274. The maximum Gasteiger partial charge on any atom is 0.127 e. The summed E-state index contributed by atoms with van der Waals surface area (Å²) in [5, 5.41) is 3.62. The molecule has 1 aromatic carbocycles. The molecule has 2 aromatic rings. The molecule has 0 saturated carbocycles. The van der Waals surface area contributed by atoms with Crippen LogP contribution in [0.25, 0.3) is 0 Å². The zero-order valence-electron chi connectivity index (χ0n) is 10.3. The van der Waals surface area contributed by atoms with Gasteiger partial charge < -0.3 is 9.73 Å². The number of rotatable bonds is 4. The Morgan fingerprint density at radius 3 is 2.72 bits per heavy atom. The molecule has 4 heteroatoms. The van der Waals surface area contributed by atoms with Crippen molar-refractivity contribution in [1.82, 2.24) is 5.32 Å². The minimum Gasteiger partial charge on any atom is -0.469 e. The van der Waals surface area contributed by atoms with Gasteiger partial charge in [-0.25, -0.2) is 4.39 Å². The summed E-state index contributed by atoms with van der Waals surface area (Å²) in [6.07, 6.45) is 2.13. The molecule has 1 N–H and O–H groups in total. The van der Waals surface area contributed by atoms with Crippen LogP contribution in [0.15, 0.2) is 34.9 Å². The van der Waals surface area contributed by atoms with Gasteiger partial charge in [0.05, 0.1) is 6.26 Å². The summed E-state index contributed by atoms with van der Waals surface area (Å²) >= 11 is 6.04. The van der Waals surface area contributed by atoms with Crippen molar-refractivity contribution in [2.45, 2.75) is 19.4 Å². The Kier molecular flexibility index (Phi) is 4.04. The molecule has 2 nitrogen and oxygen atoms in total. The molecule has 0 fully saturated rings. The molecule has 0 aliphatic carbocycles. The largest absolute Gasteiger partial charge is 0.469 e. The van der Waals surface area contributed by atoms with Gasteiger partial charge in [-0.3, -0.25) is 0 Å². The van der Waals surface area contributed by atoms with Gasteiger partial charge in [0.1, 0.15) is 11.6 Å². The number of hydrogen-bond acceptors (Lipinski definition) is 2. The van der Waals surface area contributed by atoms with E-state index in [-0.39, 0.29) is 11.9 Å². The Hall–Kier alpha value is -1.32. The van der Waals surface area contributed by atoms with E-state index >= 15 is 0 Å². The zero-order valence-corrected chi connectivity index (χ0v) is 11.1. The second-order valence-corrected chi connectivity index (χ2v) is 4.58. The highest BCUT2D eigenvalue weighted by atomic mass is 35.5. The van der Waals surface area contributed by atoms with E-state index in [4.69, 9.17) is 16.0 Å². The first kappa shape index (κ1) is 13.1. The van der Waals surface area contributed by atoms with Crippen molar-refractivity contribution in [2.24, 2.45) is 0 Å². The molecule has 1 unspecified atom stereocenters. The third-order valence-electron chi connectivity index (χ3n) is 3.09. The minimum absolute atomic E-state index is 0.0156. The molecule has 0 spiro atoms. The van der Waals surface area contributed by atoms with E-state index in [2.05, 4.69) is 5.32 Å². The van der Waals surface area contributed by atoms with E-state index in [1.807, 2.05) is 20.0 Å². The van der Waals surface area contributed by atoms with E-state index in [1.165, 1.54) is 6.07 Å². The van der Waals surface area contributed by atoms with Gasteiger partial charge in [-0.15, -0.1) is 0 Å². The maximum atomic E-state index is 13.8. The molecule has 0 bridgehead atoms. The van der Waals surface area contributed by atoms with Crippen LogP contribution in [0, 0.1) is 12.7 Å². The number of nitrogens with one attached hydrogen (secondary N) is 1. The first-order chi connectivity index (χ1) is 8.63. The van der Waals surface area contributed by atoms with E-state index in [0.717, 1.165) is 11.3 Å². The van der Waals surface area contributed by atoms with Crippen LogP contribution in [0.4, 0.5) is 4.39 Å². The van der Waals surface area contributed by atoms with Crippen molar-refractivity contribution in [2.75, 3.05) is 7.05 Å². The van der Waals surface area contributed by atoms with Gasteiger partial charge in [0, 0.05) is 22.2 Å². The van der Waals surface area contributed by atoms with Crippen molar-refractivity contribution in [3.63, 3.8) is 0 Å². The van der Waals surface area contributed by atoms with Crippen molar-refractivity contribution in [1.29, 1.82) is 0 Å². The van der Waals surface area contributed by atoms with Crippen molar-refractivity contribution in [3.8, 4) is 0 Å². The third-order valence-corrected chi connectivity index (χ3v) is 3.45. The van der Waals surface area contributed by atoms with Crippen molar-refractivity contribution in [3.05, 3.63) is 58.3 Å². The van der Waals surface area contributed by atoms with E-state index in [1.54, 1.807) is 18.4 Å². The molecule has 0 aliphatic heterocycles. The summed E-state index contributed by atoms with van der Waals surface area (Å²) in [4.78, 5) is 0. The summed E-state index contributed by atoms with van der Waals surface area (Å²) < 4.78 is 19.0. The van der Waals surface area contributed by atoms with E-state index < -0.39 is 0 Å². The van der Waals surface area contributed by atoms with Crippen LogP contribution >= 0.6 is 11.6 Å². The van der Waals surface area contributed by atoms with Gasteiger partial charge in [-0.2, -0.15) is 0 Å². The van der Waals surface area contributed by atoms with Crippen LogP contribution in [0.3, 0.4) is 0 Å². The quantitative estimate of drug-likeness (QED) is 0.909. The van der Waals surface area contributed by atoms with Gasteiger partial charge in [0.15, 0.2) is 0 Å². The molecule has 0 aliphatic rings. The van der Waals surface area contributed by atoms with Crippen molar-refractivity contribution < 1.29 is 8.81 Å². The number of likely N-dealkylation sites (N-methyl/N-ethyl adjacent to an activating group) is 1. The normalized spacial score (nSPS) is 12.7. The summed E-state index contributed by atoms with van der Waals surface area (Å²) in [6.45, 7) is 1.89. The van der Waals surface area contributed by atoms with Crippen LogP contribution in [0.2, 0.25) is 5.02 Å². The predicted octanol–water partition coefficient (Wildman–Crippen LogP) is 3.88. The average molecular weight is 268 g/mol. The fraction of sp³-hybridized carbons (Fsp3) is 0.286. The molecule has 96 valence electrons. The number of halogens is 2. The van der Waals surface area contributed by atoms with Crippen LogP contribution < -0.4 is 5.32 Å². The topological polar surface area (TPSA) is 25.2 Å². The Balaban J connectivity index is 2.29. The first-order valence-electron chi connectivity index (χ1n) is 5.77. The molecular weight excluding hydrogens is 253 g/mol. The van der Waals surface area contributed by atoms with Gasteiger partial charge in [-0.1, -0.05) is 17.7 Å². The zero-order chi connectivity index (χ0) is 13.1. The van der Waals surface area contributed by atoms with Gasteiger partial charge >= 0.3 is 0 Å². The van der Waals surface area contributed by atoms with Gasteiger partial charge in [0.25, 0.3) is 0 Å². The monoisotopic (exact) mass is 267 g/mol. The maximum absolute atomic E-state index is 13.8. The lowest BCUT2D eigenvalue weighted by molar-refractivity contribution is 0.507. The van der Waals surface area contributed by atoms with E-state index in [9.17, 15) is 4.39 Å². The lowest BCUT2D eigenvalue weighted by atomic mass is 9.99. The number of hydrogen-bond donors (Lipinski definition) is 1.